The fraction of sp³-hybridized carbons (Fsp3) is 0.522. The van der Waals surface area contributed by atoms with Crippen LogP contribution in [-0.2, 0) is 16.1 Å². The van der Waals surface area contributed by atoms with Gasteiger partial charge in [-0.15, -0.1) is 0 Å². The molecule has 2 aliphatic rings. The second-order valence-electron chi connectivity index (χ2n) is 8.98. The second kappa shape index (κ2) is 7.49. The molecular formula is C23H30FNO2. The zero-order valence-electron chi connectivity index (χ0n) is 16.8. The zero-order chi connectivity index (χ0) is 19.7. The van der Waals surface area contributed by atoms with E-state index in [0.29, 0.717) is 25.1 Å². The minimum absolute atomic E-state index is 0.184. The predicted molar refractivity (Wildman–Crippen MR) is 105 cm³/mol. The van der Waals surface area contributed by atoms with Gasteiger partial charge in [-0.05, 0) is 63.5 Å². The average molecular weight is 371 g/mol. The van der Waals surface area contributed by atoms with Crippen molar-refractivity contribution >= 4 is 5.97 Å². The number of benzene rings is 1. The summed E-state index contributed by atoms with van der Waals surface area (Å²) in [4.78, 5) is 12.6. The summed E-state index contributed by atoms with van der Waals surface area (Å²) < 4.78 is 20.7. The van der Waals surface area contributed by atoms with E-state index in [0.717, 1.165) is 24.0 Å². The van der Waals surface area contributed by atoms with E-state index >= 15 is 4.39 Å². The smallest absolute Gasteiger partial charge is 0.312 e. The first-order valence-electron chi connectivity index (χ1n) is 9.79. The molecule has 3 rings (SSSR count). The Morgan fingerprint density at radius 1 is 1.26 bits per heavy atom. The molecule has 3 nitrogen and oxygen atoms in total. The molecule has 0 spiro atoms. The van der Waals surface area contributed by atoms with Gasteiger partial charge in [0.2, 0.25) is 0 Å². The van der Waals surface area contributed by atoms with Crippen LogP contribution in [0.1, 0.15) is 58.9 Å². The van der Waals surface area contributed by atoms with E-state index < -0.39 is 11.0 Å². The first kappa shape index (κ1) is 19.7. The number of carbonyl (C=O) groups is 1. The molecule has 146 valence electrons. The van der Waals surface area contributed by atoms with Crippen molar-refractivity contribution in [2.45, 2.75) is 65.5 Å². The van der Waals surface area contributed by atoms with E-state index in [4.69, 9.17) is 4.74 Å². The molecule has 0 saturated heterocycles. The SMILES string of the molecule is CC1C=C(NCc2ccccc2)C(F)=C(CC2(C(=O)OC(C)(C)C)CC2)C1. The molecule has 27 heavy (non-hydrogen) atoms. The van der Waals surface area contributed by atoms with Crippen LogP contribution in [0, 0.1) is 11.3 Å². The van der Waals surface area contributed by atoms with Crippen LogP contribution in [0.5, 0.6) is 0 Å². The summed E-state index contributed by atoms with van der Waals surface area (Å²) in [5.74, 6) is -0.137. The van der Waals surface area contributed by atoms with E-state index in [1.54, 1.807) is 0 Å². The summed E-state index contributed by atoms with van der Waals surface area (Å²) in [7, 11) is 0. The van der Waals surface area contributed by atoms with Gasteiger partial charge in [-0.25, -0.2) is 4.39 Å². The highest BCUT2D eigenvalue weighted by Crippen LogP contribution is 2.54. The lowest BCUT2D eigenvalue weighted by Crippen LogP contribution is -2.30. The lowest BCUT2D eigenvalue weighted by Gasteiger charge is -2.27. The summed E-state index contributed by atoms with van der Waals surface area (Å²) >= 11 is 0. The van der Waals surface area contributed by atoms with Crippen molar-refractivity contribution in [2.24, 2.45) is 11.3 Å². The van der Waals surface area contributed by atoms with Crippen LogP contribution in [0.25, 0.3) is 0 Å². The highest BCUT2D eigenvalue weighted by Gasteiger charge is 2.53. The molecule has 2 aliphatic carbocycles. The van der Waals surface area contributed by atoms with Gasteiger partial charge in [0.25, 0.3) is 0 Å². The van der Waals surface area contributed by atoms with Gasteiger partial charge in [0.1, 0.15) is 11.4 Å². The highest BCUT2D eigenvalue weighted by atomic mass is 19.1. The molecule has 1 fully saturated rings. The Morgan fingerprint density at radius 3 is 2.52 bits per heavy atom. The number of halogens is 1. The molecule has 1 saturated carbocycles. The summed E-state index contributed by atoms with van der Waals surface area (Å²) in [5, 5.41) is 3.23. The van der Waals surface area contributed by atoms with E-state index in [9.17, 15) is 4.79 Å². The fourth-order valence-electron chi connectivity index (χ4n) is 3.56. The van der Waals surface area contributed by atoms with Gasteiger partial charge in [-0.2, -0.15) is 0 Å². The summed E-state index contributed by atoms with van der Waals surface area (Å²) in [6.45, 7) is 8.29. The Kier molecular flexibility index (Phi) is 5.45. The normalized spacial score (nSPS) is 21.5. The van der Waals surface area contributed by atoms with Crippen molar-refractivity contribution in [3.05, 3.63) is 59.1 Å². The topological polar surface area (TPSA) is 38.3 Å². The molecule has 0 radical (unpaired) electrons. The summed E-state index contributed by atoms with van der Waals surface area (Å²) in [6.07, 6.45) is 4.64. The molecule has 1 N–H and O–H groups in total. The van der Waals surface area contributed by atoms with E-state index in [1.165, 1.54) is 0 Å². The zero-order valence-corrected chi connectivity index (χ0v) is 16.8. The Balaban J connectivity index is 1.71. The fourth-order valence-corrected chi connectivity index (χ4v) is 3.56. The molecule has 0 bridgehead atoms. The number of allylic oxidation sites excluding steroid dienone is 3. The molecule has 1 unspecified atom stereocenters. The van der Waals surface area contributed by atoms with Crippen LogP contribution in [0.4, 0.5) is 4.39 Å². The van der Waals surface area contributed by atoms with Gasteiger partial charge in [-0.1, -0.05) is 43.3 Å². The number of carbonyl (C=O) groups excluding carboxylic acids is 1. The molecule has 1 atom stereocenters. The Labute approximate surface area is 161 Å². The largest absolute Gasteiger partial charge is 0.460 e. The third kappa shape index (κ3) is 5.00. The van der Waals surface area contributed by atoms with Crippen molar-refractivity contribution < 1.29 is 13.9 Å². The monoisotopic (exact) mass is 371 g/mol. The molecule has 4 heteroatoms. The standard InChI is InChI=1S/C23H30FNO2/c1-16-12-18(14-23(10-11-23)21(26)27-22(2,3)4)20(24)19(13-16)25-15-17-8-6-5-7-9-17/h5-9,13,16,25H,10-12,14-15H2,1-4H3. The first-order chi connectivity index (χ1) is 12.7. The molecule has 0 aliphatic heterocycles. The first-order valence-corrected chi connectivity index (χ1v) is 9.79. The number of rotatable bonds is 6. The van der Waals surface area contributed by atoms with E-state index in [-0.39, 0.29) is 17.7 Å². The predicted octanol–water partition coefficient (Wildman–Crippen LogP) is 5.44. The van der Waals surface area contributed by atoms with Gasteiger partial charge in [-0.3, -0.25) is 4.79 Å². The Bertz CT molecular complexity index is 754. The van der Waals surface area contributed by atoms with Crippen LogP contribution >= 0.6 is 0 Å². The van der Waals surface area contributed by atoms with E-state index in [1.807, 2.05) is 57.2 Å². The molecule has 0 heterocycles. The molecule has 0 amide bonds. The van der Waals surface area contributed by atoms with E-state index in [2.05, 4.69) is 12.2 Å². The molecule has 1 aromatic carbocycles. The van der Waals surface area contributed by atoms with Crippen LogP contribution in [0.3, 0.4) is 0 Å². The molecule has 0 aromatic heterocycles. The Morgan fingerprint density at radius 2 is 1.93 bits per heavy atom. The summed E-state index contributed by atoms with van der Waals surface area (Å²) in [6, 6.07) is 9.96. The maximum absolute atomic E-state index is 15.1. The minimum Gasteiger partial charge on any atom is -0.460 e. The highest BCUT2D eigenvalue weighted by molar-refractivity contribution is 5.80. The van der Waals surface area contributed by atoms with Crippen LogP contribution in [0.2, 0.25) is 0 Å². The number of nitrogens with one attached hydrogen (secondary N) is 1. The van der Waals surface area contributed by atoms with Crippen molar-refractivity contribution in [2.75, 3.05) is 0 Å². The third-order valence-corrected chi connectivity index (χ3v) is 5.13. The quantitative estimate of drug-likeness (QED) is 0.677. The van der Waals surface area contributed by atoms with Crippen molar-refractivity contribution in [3.8, 4) is 0 Å². The van der Waals surface area contributed by atoms with Crippen molar-refractivity contribution in [1.82, 2.24) is 5.32 Å². The Hall–Kier alpha value is -2.10. The number of hydrogen-bond acceptors (Lipinski definition) is 3. The second-order valence-corrected chi connectivity index (χ2v) is 8.98. The number of hydrogen-bond donors (Lipinski definition) is 1. The van der Waals surface area contributed by atoms with Crippen LogP contribution in [-0.4, -0.2) is 11.6 Å². The number of ether oxygens (including phenoxy) is 1. The van der Waals surface area contributed by atoms with Crippen LogP contribution < -0.4 is 5.32 Å². The van der Waals surface area contributed by atoms with Crippen molar-refractivity contribution in [1.29, 1.82) is 0 Å². The lowest BCUT2D eigenvalue weighted by molar-refractivity contribution is -0.161. The minimum atomic E-state index is -0.526. The molecule has 1 aromatic rings. The van der Waals surface area contributed by atoms with Crippen molar-refractivity contribution in [3.63, 3.8) is 0 Å². The maximum atomic E-state index is 15.1. The van der Waals surface area contributed by atoms with Crippen LogP contribution in [0.15, 0.2) is 53.5 Å². The average Bonchev–Trinajstić information content (AvgIpc) is 3.37. The number of esters is 1. The third-order valence-electron chi connectivity index (χ3n) is 5.13. The van der Waals surface area contributed by atoms with Gasteiger partial charge >= 0.3 is 5.97 Å². The van der Waals surface area contributed by atoms with Gasteiger partial charge in [0.15, 0.2) is 0 Å². The van der Waals surface area contributed by atoms with Gasteiger partial charge in [0, 0.05) is 6.54 Å². The van der Waals surface area contributed by atoms with Gasteiger partial charge in [0.05, 0.1) is 11.1 Å². The van der Waals surface area contributed by atoms with Gasteiger partial charge < -0.3 is 10.1 Å². The molecular weight excluding hydrogens is 341 g/mol. The summed E-state index contributed by atoms with van der Waals surface area (Å²) in [5.41, 5.74) is 1.36. The lowest BCUT2D eigenvalue weighted by atomic mass is 9.86. The maximum Gasteiger partial charge on any atom is 0.312 e.